The number of nitrogens with zero attached hydrogens (tertiary/aromatic N) is 2. The lowest BCUT2D eigenvalue weighted by molar-refractivity contribution is 0.0719. The Bertz CT molecular complexity index is 671. The zero-order valence-corrected chi connectivity index (χ0v) is 15.0. The molecular weight excluding hydrogens is 324 g/mol. The van der Waals surface area contributed by atoms with E-state index in [0.29, 0.717) is 5.69 Å². The maximum atomic E-state index is 12.9. The number of aromatic amines is 1. The van der Waals surface area contributed by atoms with E-state index in [9.17, 15) is 4.79 Å². The SMILES string of the molecule is CCC(Cc1ccccc1)N(C)C(=O)c1n[nH]c2c1CNCC2.Cl. The largest absolute Gasteiger partial charge is 0.337 e. The van der Waals surface area contributed by atoms with Gasteiger partial charge in [-0.05, 0) is 18.4 Å². The van der Waals surface area contributed by atoms with Gasteiger partial charge in [-0.2, -0.15) is 5.10 Å². The van der Waals surface area contributed by atoms with Gasteiger partial charge in [0.15, 0.2) is 5.69 Å². The van der Waals surface area contributed by atoms with Crippen molar-refractivity contribution in [3.63, 3.8) is 0 Å². The van der Waals surface area contributed by atoms with Crippen molar-refractivity contribution in [3.05, 3.63) is 52.8 Å². The number of hydrogen-bond donors (Lipinski definition) is 2. The lowest BCUT2D eigenvalue weighted by Crippen LogP contribution is -2.39. The minimum atomic E-state index is 0. The average Bonchev–Trinajstić information content (AvgIpc) is 3.03. The highest BCUT2D eigenvalue weighted by Crippen LogP contribution is 2.19. The molecular formula is C18H25ClN4O. The molecule has 6 heteroatoms. The van der Waals surface area contributed by atoms with E-state index in [2.05, 4.69) is 34.6 Å². The van der Waals surface area contributed by atoms with Crippen molar-refractivity contribution < 1.29 is 4.79 Å². The first kappa shape index (κ1) is 18.5. The summed E-state index contributed by atoms with van der Waals surface area (Å²) in [7, 11) is 1.89. The Morgan fingerprint density at radius 1 is 1.33 bits per heavy atom. The molecule has 1 aliphatic rings. The van der Waals surface area contributed by atoms with Crippen molar-refractivity contribution >= 4 is 18.3 Å². The van der Waals surface area contributed by atoms with E-state index in [4.69, 9.17) is 0 Å². The maximum Gasteiger partial charge on any atom is 0.274 e. The minimum absolute atomic E-state index is 0. The van der Waals surface area contributed by atoms with Crippen LogP contribution in [0.3, 0.4) is 0 Å². The molecule has 1 amide bonds. The van der Waals surface area contributed by atoms with Crippen molar-refractivity contribution in [3.8, 4) is 0 Å². The highest BCUT2D eigenvalue weighted by molar-refractivity contribution is 5.94. The van der Waals surface area contributed by atoms with Crippen LogP contribution in [0.2, 0.25) is 0 Å². The molecule has 0 fully saturated rings. The van der Waals surface area contributed by atoms with E-state index in [0.717, 1.165) is 43.6 Å². The molecule has 1 unspecified atom stereocenters. The van der Waals surface area contributed by atoms with Crippen LogP contribution >= 0.6 is 12.4 Å². The quantitative estimate of drug-likeness (QED) is 0.873. The highest BCUT2D eigenvalue weighted by Gasteiger charge is 2.27. The number of amides is 1. The van der Waals surface area contributed by atoms with Crippen LogP contribution in [0.4, 0.5) is 0 Å². The number of nitrogens with one attached hydrogen (secondary N) is 2. The van der Waals surface area contributed by atoms with Gasteiger partial charge in [0.25, 0.3) is 5.91 Å². The second-order valence-corrected chi connectivity index (χ2v) is 6.12. The van der Waals surface area contributed by atoms with E-state index in [1.807, 2.05) is 30.1 Å². The van der Waals surface area contributed by atoms with Crippen LogP contribution in [0.5, 0.6) is 0 Å². The molecule has 1 aliphatic heterocycles. The van der Waals surface area contributed by atoms with Gasteiger partial charge in [-0.25, -0.2) is 0 Å². The summed E-state index contributed by atoms with van der Waals surface area (Å²) < 4.78 is 0. The molecule has 24 heavy (non-hydrogen) atoms. The molecule has 130 valence electrons. The predicted octanol–water partition coefficient (Wildman–Crippen LogP) is 2.57. The van der Waals surface area contributed by atoms with Crippen molar-refractivity contribution in [1.29, 1.82) is 0 Å². The fraction of sp³-hybridized carbons (Fsp3) is 0.444. The van der Waals surface area contributed by atoms with Crippen molar-refractivity contribution in [1.82, 2.24) is 20.4 Å². The van der Waals surface area contributed by atoms with Crippen LogP contribution in [0.1, 0.15) is 40.7 Å². The Balaban J connectivity index is 0.00000208. The number of benzene rings is 1. The molecule has 2 aromatic rings. The van der Waals surface area contributed by atoms with E-state index in [1.165, 1.54) is 5.56 Å². The Kier molecular flexibility index (Phi) is 6.40. The summed E-state index contributed by atoms with van der Waals surface area (Å²) in [4.78, 5) is 14.7. The molecule has 2 heterocycles. The number of H-pyrrole nitrogens is 1. The van der Waals surface area contributed by atoms with Gasteiger partial charge < -0.3 is 10.2 Å². The van der Waals surface area contributed by atoms with Crippen molar-refractivity contribution in [2.45, 2.75) is 38.8 Å². The molecule has 0 aliphatic carbocycles. The predicted molar refractivity (Wildman–Crippen MR) is 97.6 cm³/mol. The summed E-state index contributed by atoms with van der Waals surface area (Å²) in [6.45, 7) is 3.78. The van der Waals surface area contributed by atoms with Crippen LogP contribution in [-0.2, 0) is 19.4 Å². The molecule has 5 nitrogen and oxygen atoms in total. The Hall–Kier alpha value is -1.85. The first-order valence-electron chi connectivity index (χ1n) is 8.28. The molecule has 0 saturated heterocycles. The van der Waals surface area contributed by atoms with E-state index in [-0.39, 0.29) is 24.4 Å². The van der Waals surface area contributed by atoms with Gasteiger partial charge in [0.2, 0.25) is 0 Å². The third kappa shape index (κ3) is 3.79. The van der Waals surface area contributed by atoms with Gasteiger partial charge >= 0.3 is 0 Å². The monoisotopic (exact) mass is 348 g/mol. The zero-order valence-electron chi connectivity index (χ0n) is 14.2. The van der Waals surface area contributed by atoms with Gasteiger partial charge in [-0.15, -0.1) is 12.4 Å². The topological polar surface area (TPSA) is 61.0 Å². The maximum absolute atomic E-state index is 12.9. The number of likely N-dealkylation sites (N-methyl/N-ethyl adjacent to an activating group) is 1. The smallest absolute Gasteiger partial charge is 0.274 e. The van der Waals surface area contributed by atoms with Gasteiger partial charge in [-0.1, -0.05) is 37.3 Å². The van der Waals surface area contributed by atoms with Gasteiger partial charge in [0, 0.05) is 43.9 Å². The lowest BCUT2D eigenvalue weighted by Gasteiger charge is -2.27. The van der Waals surface area contributed by atoms with Gasteiger partial charge in [-0.3, -0.25) is 9.89 Å². The molecule has 3 rings (SSSR count). The zero-order chi connectivity index (χ0) is 16.2. The number of aromatic nitrogens is 2. The third-order valence-corrected chi connectivity index (χ3v) is 4.66. The summed E-state index contributed by atoms with van der Waals surface area (Å²) >= 11 is 0. The number of carbonyl (C=O) groups is 1. The molecule has 0 saturated carbocycles. The first-order valence-corrected chi connectivity index (χ1v) is 8.28. The van der Waals surface area contributed by atoms with Crippen LogP contribution in [0.25, 0.3) is 0 Å². The average molecular weight is 349 g/mol. The van der Waals surface area contributed by atoms with Crippen LogP contribution in [0, 0.1) is 0 Å². The van der Waals surface area contributed by atoms with Crippen LogP contribution in [0.15, 0.2) is 30.3 Å². The first-order chi connectivity index (χ1) is 11.2. The summed E-state index contributed by atoms with van der Waals surface area (Å²) in [5, 5.41) is 10.6. The number of rotatable bonds is 5. The Labute approximate surface area is 149 Å². The second kappa shape index (κ2) is 8.31. The second-order valence-electron chi connectivity index (χ2n) is 6.12. The van der Waals surface area contributed by atoms with Crippen LogP contribution in [-0.4, -0.2) is 40.6 Å². The summed E-state index contributed by atoms with van der Waals surface area (Å²) in [6, 6.07) is 10.5. The minimum Gasteiger partial charge on any atom is -0.337 e. The summed E-state index contributed by atoms with van der Waals surface area (Å²) in [6.07, 6.45) is 2.69. The van der Waals surface area contributed by atoms with Crippen molar-refractivity contribution in [2.24, 2.45) is 0 Å². The number of halogens is 1. The van der Waals surface area contributed by atoms with Gasteiger partial charge in [0.05, 0.1) is 0 Å². The normalized spacial score (nSPS) is 14.4. The molecule has 1 aromatic heterocycles. The molecule has 2 N–H and O–H groups in total. The van der Waals surface area contributed by atoms with Crippen LogP contribution < -0.4 is 5.32 Å². The Morgan fingerprint density at radius 3 is 2.79 bits per heavy atom. The van der Waals surface area contributed by atoms with E-state index >= 15 is 0 Å². The number of hydrogen-bond acceptors (Lipinski definition) is 3. The standard InChI is InChI=1S/C18H24N4O.ClH/c1-3-14(11-13-7-5-4-6-8-13)22(2)18(23)17-15-12-19-10-9-16(15)20-21-17;/h4-8,14,19H,3,9-12H2,1-2H3,(H,20,21);1H. The Morgan fingerprint density at radius 2 is 2.08 bits per heavy atom. The van der Waals surface area contributed by atoms with E-state index in [1.54, 1.807) is 0 Å². The van der Waals surface area contributed by atoms with Crippen molar-refractivity contribution in [2.75, 3.05) is 13.6 Å². The third-order valence-electron chi connectivity index (χ3n) is 4.66. The summed E-state index contributed by atoms with van der Waals surface area (Å²) in [5.74, 6) is 0.00832. The highest BCUT2D eigenvalue weighted by atomic mass is 35.5. The molecule has 0 radical (unpaired) electrons. The lowest BCUT2D eigenvalue weighted by atomic mass is 10.0. The molecule has 0 bridgehead atoms. The fourth-order valence-electron chi connectivity index (χ4n) is 3.18. The molecule has 1 atom stereocenters. The molecule has 1 aromatic carbocycles. The molecule has 0 spiro atoms. The van der Waals surface area contributed by atoms with E-state index < -0.39 is 0 Å². The number of carbonyl (C=O) groups excluding carboxylic acids is 1. The fourth-order valence-corrected chi connectivity index (χ4v) is 3.18. The summed E-state index contributed by atoms with van der Waals surface area (Å²) in [5.41, 5.74) is 3.95. The number of fused-ring (bicyclic) bond motifs is 1. The van der Waals surface area contributed by atoms with Gasteiger partial charge in [0.1, 0.15) is 0 Å².